The molecule has 0 fully saturated rings. The molecule has 0 saturated carbocycles. The first kappa shape index (κ1) is 24.8. The zero-order valence-corrected chi connectivity index (χ0v) is 21.1. The summed E-state index contributed by atoms with van der Waals surface area (Å²) in [6.45, 7) is 8.35. The van der Waals surface area contributed by atoms with Gasteiger partial charge in [0, 0.05) is 11.9 Å². The molecular weight excluding hydrogens is 460 g/mol. The molecule has 1 aromatic carbocycles. The molecule has 0 aliphatic carbocycles. The number of ether oxygens (including phenoxy) is 2. The van der Waals surface area contributed by atoms with Gasteiger partial charge in [-0.3, -0.25) is 4.79 Å². The molecule has 0 bridgehead atoms. The quantitative estimate of drug-likeness (QED) is 0.331. The largest absolute Gasteiger partial charge is 0.485 e. The van der Waals surface area contributed by atoms with E-state index in [0.717, 1.165) is 22.6 Å². The number of hydrogen-bond donors (Lipinski definition) is 1. The van der Waals surface area contributed by atoms with E-state index in [9.17, 15) is 9.59 Å². The van der Waals surface area contributed by atoms with Crippen LogP contribution in [0.1, 0.15) is 46.0 Å². The number of benzene rings is 1. The minimum Gasteiger partial charge on any atom is -0.485 e. The van der Waals surface area contributed by atoms with E-state index in [2.05, 4.69) is 21.6 Å². The lowest BCUT2D eigenvalue weighted by molar-refractivity contribution is -0.113. The van der Waals surface area contributed by atoms with E-state index in [0.29, 0.717) is 21.5 Å². The summed E-state index contributed by atoms with van der Waals surface area (Å²) in [7, 11) is 1.84. The number of aromatic nitrogens is 3. The van der Waals surface area contributed by atoms with E-state index in [-0.39, 0.29) is 24.9 Å². The van der Waals surface area contributed by atoms with Crippen molar-refractivity contribution in [1.82, 2.24) is 14.8 Å². The Bertz CT molecular complexity index is 1140. The summed E-state index contributed by atoms with van der Waals surface area (Å²) in [4.78, 5) is 25.8. The number of aryl methyl sites for hydroxylation is 3. The molecule has 0 radical (unpaired) electrons. The Hall–Kier alpha value is -2.85. The van der Waals surface area contributed by atoms with Crippen LogP contribution in [0.5, 0.6) is 5.75 Å². The second kappa shape index (κ2) is 11.3. The van der Waals surface area contributed by atoms with E-state index < -0.39 is 5.97 Å². The molecule has 1 amide bonds. The molecule has 0 aliphatic rings. The van der Waals surface area contributed by atoms with Gasteiger partial charge in [0.1, 0.15) is 17.4 Å². The molecule has 0 unspecified atom stereocenters. The molecular formula is C23H28N4O4S2. The number of hydrogen-bond acceptors (Lipinski definition) is 8. The van der Waals surface area contributed by atoms with Gasteiger partial charge < -0.3 is 19.4 Å². The van der Waals surface area contributed by atoms with Crippen LogP contribution in [0.15, 0.2) is 29.4 Å². The number of carbonyl (C=O) groups is 2. The van der Waals surface area contributed by atoms with Gasteiger partial charge in [0.25, 0.3) is 0 Å². The fourth-order valence-corrected chi connectivity index (χ4v) is 4.79. The number of rotatable bonds is 10. The third-order valence-electron chi connectivity index (χ3n) is 4.82. The minimum absolute atomic E-state index is 0.130. The maximum absolute atomic E-state index is 12.6. The molecule has 0 spiro atoms. The lowest BCUT2D eigenvalue weighted by atomic mass is 10.1. The van der Waals surface area contributed by atoms with Crippen molar-refractivity contribution < 1.29 is 19.1 Å². The predicted molar refractivity (Wildman–Crippen MR) is 130 cm³/mol. The van der Waals surface area contributed by atoms with Crippen molar-refractivity contribution in [2.75, 3.05) is 17.7 Å². The van der Waals surface area contributed by atoms with Gasteiger partial charge in [0.05, 0.1) is 17.9 Å². The molecule has 3 aromatic rings. The normalized spacial score (nSPS) is 10.8. The number of nitrogens with one attached hydrogen (secondary N) is 1. The Labute approximate surface area is 201 Å². The molecule has 2 aromatic heterocycles. The smallest absolute Gasteiger partial charge is 0.341 e. The van der Waals surface area contributed by atoms with E-state index in [1.807, 2.05) is 44.5 Å². The minimum atomic E-state index is -0.432. The third kappa shape index (κ3) is 6.35. The van der Waals surface area contributed by atoms with Crippen LogP contribution >= 0.6 is 23.1 Å². The first-order valence-electron chi connectivity index (χ1n) is 10.6. The number of carbonyl (C=O) groups excluding carboxylic acids is 2. The maximum atomic E-state index is 12.6. The zero-order chi connectivity index (χ0) is 24.0. The predicted octanol–water partition coefficient (Wildman–Crippen LogP) is 4.54. The first-order valence-corrected chi connectivity index (χ1v) is 12.4. The van der Waals surface area contributed by atoms with Crippen molar-refractivity contribution in [3.05, 3.63) is 51.7 Å². The van der Waals surface area contributed by atoms with Gasteiger partial charge in [-0.2, -0.15) is 0 Å². The van der Waals surface area contributed by atoms with Gasteiger partial charge in [0.2, 0.25) is 5.91 Å². The Morgan fingerprint density at radius 3 is 2.67 bits per heavy atom. The van der Waals surface area contributed by atoms with Crippen LogP contribution < -0.4 is 10.1 Å². The summed E-state index contributed by atoms with van der Waals surface area (Å²) >= 11 is 2.65. The fourth-order valence-electron chi connectivity index (χ4n) is 3.06. The van der Waals surface area contributed by atoms with Gasteiger partial charge in [-0.25, -0.2) is 4.79 Å². The van der Waals surface area contributed by atoms with Crippen LogP contribution in [-0.4, -0.2) is 39.0 Å². The van der Waals surface area contributed by atoms with E-state index >= 15 is 0 Å². The van der Waals surface area contributed by atoms with Gasteiger partial charge in [0.15, 0.2) is 11.0 Å². The molecule has 0 saturated heterocycles. The molecule has 33 heavy (non-hydrogen) atoms. The lowest BCUT2D eigenvalue weighted by Gasteiger charge is -2.09. The average molecular weight is 489 g/mol. The van der Waals surface area contributed by atoms with Crippen molar-refractivity contribution in [2.45, 2.75) is 45.9 Å². The first-order chi connectivity index (χ1) is 15.8. The average Bonchev–Trinajstić information content (AvgIpc) is 3.35. The van der Waals surface area contributed by atoms with Gasteiger partial charge >= 0.3 is 5.97 Å². The van der Waals surface area contributed by atoms with Crippen molar-refractivity contribution >= 4 is 40.0 Å². The monoisotopic (exact) mass is 488 g/mol. The molecule has 1 N–H and O–H groups in total. The van der Waals surface area contributed by atoms with Gasteiger partial charge in [-0.05, 0) is 44.9 Å². The van der Waals surface area contributed by atoms with Crippen molar-refractivity contribution in [1.29, 1.82) is 0 Å². The summed E-state index contributed by atoms with van der Waals surface area (Å²) in [5.74, 6) is 0.931. The van der Waals surface area contributed by atoms with E-state index in [4.69, 9.17) is 9.47 Å². The van der Waals surface area contributed by atoms with Crippen LogP contribution in [0, 0.1) is 13.8 Å². The van der Waals surface area contributed by atoms with Crippen LogP contribution in [0.2, 0.25) is 0 Å². The number of thioether (sulfide) groups is 1. The van der Waals surface area contributed by atoms with E-state index in [1.165, 1.54) is 28.7 Å². The van der Waals surface area contributed by atoms with Gasteiger partial charge in [-0.15, -0.1) is 21.5 Å². The Balaban J connectivity index is 1.58. The molecule has 8 nitrogen and oxygen atoms in total. The third-order valence-corrected chi connectivity index (χ3v) is 7.04. The summed E-state index contributed by atoms with van der Waals surface area (Å²) < 4.78 is 12.8. The number of amides is 1. The SMILES string of the molecule is CCOC(=O)c1cc(CC)sc1NC(=O)CSc1nnc(COc2ccc(C)cc2C)n1C. The topological polar surface area (TPSA) is 95.3 Å². The Morgan fingerprint density at radius 2 is 1.97 bits per heavy atom. The zero-order valence-electron chi connectivity index (χ0n) is 19.4. The molecule has 2 heterocycles. The second-order valence-corrected chi connectivity index (χ2v) is 9.46. The number of anilines is 1. The fraction of sp³-hybridized carbons (Fsp3) is 0.391. The van der Waals surface area contributed by atoms with Crippen molar-refractivity contribution in [3.63, 3.8) is 0 Å². The summed E-state index contributed by atoms with van der Waals surface area (Å²) in [6, 6.07) is 7.79. The lowest BCUT2D eigenvalue weighted by Crippen LogP contribution is -2.16. The highest BCUT2D eigenvalue weighted by molar-refractivity contribution is 7.99. The summed E-state index contributed by atoms with van der Waals surface area (Å²) in [6.07, 6.45) is 0.771. The number of esters is 1. The number of thiophene rings is 1. The molecule has 0 atom stereocenters. The highest BCUT2D eigenvalue weighted by Crippen LogP contribution is 2.30. The highest BCUT2D eigenvalue weighted by Gasteiger charge is 2.19. The van der Waals surface area contributed by atoms with E-state index in [1.54, 1.807) is 13.0 Å². The van der Waals surface area contributed by atoms with Crippen molar-refractivity contribution in [2.24, 2.45) is 7.05 Å². The maximum Gasteiger partial charge on any atom is 0.341 e. The summed E-state index contributed by atoms with van der Waals surface area (Å²) in [5, 5.41) is 12.3. The van der Waals surface area contributed by atoms with Crippen LogP contribution in [0.25, 0.3) is 0 Å². The summed E-state index contributed by atoms with van der Waals surface area (Å²) in [5.41, 5.74) is 2.63. The molecule has 176 valence electrons. The van der Waals surface area contributed by atoms with Crippen LogP contribution in [-0.2, 0) is 29.6 Å². The molecule has 3 rings (SSSR count). The van der Waals surface area contributed by atoms with Crippen molar-refractivity contribution in [3.8, 4) is 5.75 Å². The standard InChI is InChI=1S/C23H28N4O4S2/c1-6-16-11-17(22(29)30-7-2)21(33-16)24-20(28)13-32-23-26-25-19(27(23)5)12-31-18-9-8-14(3)10-15(18)4/h8-11H,6-7,12-13H2,1-5H3,(H,24,28). The van der Waals surface area contributed by atoms with Crippen LogP contribution in [0.3, 0.4) is 0 Å². The molecule has 0 aliphatic heterocycles. The second-order valence-electron chi connectivity index (χ2n) is 7.38. The number of nitrogens with zero attached hydrogens (tertiary/aromatic N) is 3. The Kier molecular flexibility index (Phi) is 8.51. The highest BCUT2D eigenvalue weighted by atomic mass is 32.2. The van der Waals surface area contributed by atoms with Gasteiger partial charge in [-0.1, -0.05) is 36.4 Å². The molecule has 10 heteroatoms. The Morgan fingerprint density at radius 1 is 1.18 bits per heavy atom. The van der Waals surface area contributed by atoms with Crippen LogP contribution in [0.4, 0.5) is 5.00 Å².